The summed E-state index contributed by atoms with van der Waals surface area (Å²) in [4.78, 5) is 0. The molecule has 19 heavy (non-hydrogen) atoms. The van der Waals surface area contributed by atoms with E-state index < -0.39 is 6.10 Å². The molecule has 2 unspecified atom stereocenters. The Morgan fingerprint density at radius 3 is 2.84 bits per heavy atom. The topological polar surface area (TPSA) is 20.2 Å². The lowest BCUT2D eigenvalue weighted by atomic mass is 9.74. The average molecular weight is 256 g/mol. The normalized spacial score (nSPS) is 18.6. The zero-order chi connectivity index (χ0) is 13.4. The third kappa shape index (κ3) is 2.28. The molecule has 1 nitrogen and oxygen atoms in total. The first kappa shape index (κ1) is 12.4. The van der Waals surface area contributed by atoms with Crippen LogP contribution in [0.2, 0.25) is 0 Å². The number of halogens is 1. The molecule has 0 amide bonds. The van der Waals surface area contributed by atoms with Gasteiger partial charge in [-0.3, -0.25) is 0 Å². The first-order valence-corrected chi connectivity index (χ1v) is 6.67. The third-order valence-electron chi connectivity index (χ3n) is 3.98. The van der Waals surface area contributed by atoms with E-state index in [-0.39, 0.29) is 5.82 Å². The number of aliphatic hydroxyl groups is 1. The molecule has 0 aliphatic heterocycles. The summed E-state index contributed by atoms with van der Waals surface area (Å²) in [5.74, 6) is 0.0387. The van der Waals surface area contributed by atoms with Crippen molar-refractivity contribution >= 4 is 0 Å². The first-order valence-electron chi connectivity index (χ1n) is 6.67. The van der Waals surface area contributed by atoms with E-state index in [1.807, 2.05) is 19.1 Å². The van der Waals surface area contributed by atoms with Gasteiger partial charge in [-0.25, -0.2) is 4.39 Å². The predicted molar refractivity (Wildman–Crippen MR) is 73.6 cm³/mol. The lowest BCUT2D eigenvalue weighted by Crippen LogP contribution is -2.19. The molecule has 0 spiro atoms. The fraction of sp³-hybridized carbons (Fsp3) is 0.294. The monoisotopic (exact) mass is 256 g/mol. The Kier molecular flexibility index (Phi) is 3.11. The Morgan fingerprint density at radius 1 is 1.26 bits per heavy atom. The summed E-state index contributed by atoms with van der Waals surface area (Å²) in [6.07, 6.45) is 0.858. The van der Waals surface area contributed by atoms with E-state index in [0.29, 0.717) is 17.9 Å². The van der Waals surface area contributed by atoms with Crippen molar-refractivity contribution < 1.29 is 9.50 Å². The molecule has 98 valence electrons. The maximum atomic E-state index is 13.7. The lowest BCUT2D eigenvalue weighted by Gasteiger charge is -2.31. The zero-order valence-corrected chi connectivity index (χ0v) is 10.9. The van der Waals surface area contributed by atoms with E-state index in [2.05, 4.69) is 12.1 Å². The fourth-order valence-electron chi connectivity index (χ4n) is 2.89. The molecule has 0 saturated carbocycles. The molecule has 1 aliphatic rings. The van der Waals surface area contributed by atoms with Crippen LogP contribution in [0.15, 0.2) is 42.5 Å². The lowest BCUT2D eigenvalue weighted by molar-refractivity contribution is 0.149. The number of rotatable bonds is 3. The van der Waals surface area contributed by atoms with Gasteiger partial charge in [0.2, 0.25) is 0 Å². The molecular formula is C17H17FO. The van der Waals surface area contributed by atoms with Gasteiger partial charge in [0.25, 0.3) is 0 Å². The van der Waals surface area contributed by atoms with Crippen molar-refractivity contribution in [1.29, 1.82) is 0 Å². The van der Waals surface area contributed by atoms with E-state index in [1.165, 1.54) is 17.2 Å². The molecule has 1 aliphatic carbocycles. The second-order valence-electron chi connectivity index (χ2n) is 5.38. The second-order valence-corrected chi connectivity index (χ2v) is 5.38. The molecule has 1 N–H and O–H groups in total. The Hall–Kier alpha value is -1.67. The van der Waals surface area contributed by atoms with Crippen molar-refractivity contribution in [3.63, 3.8) is 0 Å². The number of aliphatic hydroxyl groups excluding tert-OH is 1. The maximum Gasteiger partial charge on any atom is 0.129 e. The summed E-state index contributed by atoms with van der Waals surface area (Å²) < 4.78 is 13.7. The fourth-order valence-corrected chi connectivity index (χ4v) is 2.89. The van der Waals surface area contributed by atoms with Crippen molar-refractivity contribution in [2.24, 2.45) is 0 Å². The van der Waals surface area contributed by atoms with E-state index in [9.17, 15) is 9.50 Å². The molecule has 0 aromatic heterocycles. The van der Waals surface area contributed by atoms with E-state index in [0.717, 1.165) is 12.0 Å². The van der Waals surface area contributed by atoms with Gasteiger partial charge in [-0.05, 0) is 42.9 Å². The number of aryl methyl sites for hydroxylation is 1. The van der Waals surface area contributed by atoms with Gasteiger partial charge in [-0.1, -0.05) is 42.0 Å². The molecule has 3 rings (SSSR count). The summed E-state index contributed by atoms with van der Waals surface area (Å²) in [6, 6.07) is 13.2. The largest absolute Gasteiger partial charge is 0.388 e. The van der Waals surface area contributed by atoms with Gasteiger partial charge in [0.05, 0.1) is 6.10 Å². The Labute approximate surface area is 112 Å². The van der Waals surface area contributed by atoms with Gasteiger partial charge in [0.15, 0.2) is 0 Å². The van der Waals surface area contributed by atoms with Crippen LogP contribution in [0.4, 0.5) is 4.39 Å². The zero-order valence-electron chi connectivity index (χ0n) is 10.9. The maximum absolute atomic E-state index is 13.7. The van der Waals surface area contributed by atoms with Gasteiger partial charge in [0, 0.05) is 5.56 Å². The number of hydrogen-bond acceptors (Lipinski definition) is 1. The van der Waals surface area contributed by atoms with Gasteiger partial charge in [0.1, 0.15) is 5.82 Å². The van der Waals surface area contributed by atoms with E-state index in [1.54, 1.807) is 12.1 Å². The minimum Gasteiger partial charge on any atom is -0.388 e. The third-order valence-corrected chi connectivity index (χ3v) is 3.98. The Balaban J connectivity index is 1.76. The average Bonchev–Trinajstić information content (AvgIpc) is 2.38. The van der Waals surface area contributed by atoms with Crippen LogP contribution in [0, 0.1) is 12.7 Å². The number of benzene rings is 2. The highest BCUT2D eigenvalue weighted by atomic mass is 19.1. The summed E-state index contributed by atoms with van der Waals surface area (Å²) in [5, 5.41) is 10.2. The van der Waals surface area contributed by atoms with Crippen molar-refractivity contribution in [2.45, 2.75) is 31.8 Å². The van der Waals surface area contributed by atoms with Gasteiger partial charge in [-0.2, -0.15) is 0 Å². The van der Waals surface area contributed by atoms with Crippen LogP contribution in [-0.2, 0) is 6.42 Å². The van der Waals surface area contributed by atoms with Crippen LogP contribution < -0.4 is 0 Å². The summed E-state index contributed by atoms with van der Waals surface area (Å²) in [7, 11) is 0. The van der Waals surface area contributed by atoms with Crippen molar-refractivity contribution in [1.82, 2.24) is 0 Å². The van der Waals surface area contributed by atoms with E-state index >= 15 is 0 Å². The number of fused-ring (bicyclic) bond motifs is 1. The molecule has 0 fully saturated rings. The SMILES string of the molecule is Cc1ccc(F)c(C(O)CC2Cc3ccccc32)c1. The van der Waals surface area contributed by atoms with Crippen molar-refractivity contribution in [3.8, 4) is 0 Å². The summed E-state index contributed by atoms with van der Waals surface area (Å²) in [6.45, 7) is 1.91. The summed E-state index contributed by atoms with van der Waals surface area (Å²) >= 11 is 0. The van der Waals surface area contributed by atoms with Crippen molar-refractivity contribution in [2.75, 3.05) is 0 Å². The molecule has 0 saturated heterocycles. The summed E-state index contributed by atoms with van der Waals surface area (Å²) in [5.41, 5.74) is 4.05. The molecular weight excluding hydrogens is 239 g/mol. The van der Waals surface area contributed by atoms with Crippen molar-refractivity contribution in [3.05, 3.63) is 70.5 Å². The molecule has 2 heteroatoms. The standard InChI is InChI=1S/C17H17FO/c1-11-6-7-16(18)15(8-11)17(19)10-13-9-12-4-2-3-5-14(12)13/h2-8,13,17,19H,9-10H2,1H3. The Morgan fingerprint density at radius 2 is 2.05 bits per heavy atom. The molecule has 2 aromatic carbocycles. The molecule has 0 radical (unpaired) electrons. The van der Waals surface area contributed by atoms with Crippen LogP contribution in [-0.4, -0.2) is 5.11 Å². The molecule has 0 bridgehead atoms. The molecule has 2 aromatic rings. The van der Waals surface area contributed by atoms with Crippen LogP contribution in [0.3, 0.4) is 0 Å². The van der Waals surface area contributed by atoms with Gasteiger partial charge in [-0.15, -0.1) is 0 Å². The highest BCUT2D eigenvalue weighted by molar-refractivity contribution is 5.40. The van der Waals surface area contributed by atoms with Gasteiger partial charge >= 0.3 is 0 Å². The Bertz CT molecular complexity index is 606. The number of hydrogen-bond donors (Lipinski definition) is 1. The molecule has 2 atom stereocenters. The smallest absolute Gasteiger partial charge is 0.129 e. The second kappa shape index (κ2) is 4.78. The highest BCUT2D eigenvalue weighted by Crippen LogP contribution is 2.41. The van der Waals surface area contributed by atoms with Crippen LogP contribution in [0.1, 0.15) is 40.7 Å². The quantitative estimate of drug-likeness (QED) is 0.883. The molecule has 0 heterocycles. The minimum atomic E-state index is -0.724. The van der Waals surface area contributed by atoms with Crippen LogP contribution >= 0.6 is 0 Å². The van der Waals surface area contributed by atoms with Crippen LogP contribution in [0.5, 0.6) is 0 Å². The van der Waals surface area contributed by atoms with Gasteiger partial charge < -0.3 is 5.11 Å². The first-order chi connectivity index (χ1) is 9.15. The van der Waals surface area contributed by atoms with E-state index in [4.69, 9.17) is 0 Å². The highest BCUT2D eigenvalue weighted by Gasteiger charge is 2.28. The minimum absolute atomic E-state index is 0.314. The predicted octanol–water partition coefficient (Wildman–Crippen LogP) is 3.90. The van der Waals surface area contributed by atoms with Crippen LogP contribution in [0.25, 0.3) is 0 Å².